The van der Waals surface area contributed by atoms with E-state index in [0.29, 0.717) is 10.9 Å². The Hall–Kier alpha value is -0.450. The van der Waals surface area contributed by atoms with Crippen LogP contribution in [0.4, 0.5) is 0 Å². The summed E-state index contributed by atoms with van der Waals surface area (Å²) >= 11 is 0. The van der Waals surface area contributed by atoms with Crippen LogP contribution < -0.4 is 0 Å². The summed E-state index contributed by atoms with van der Waals surface area (Å²) < 4.78 is 12.1. The maximum absolute atomic E-state index is 11.8. The smallest absolute Gasteiger partial charge is 0.362 e. The standard InChI is InChI=1S/C27H54NO4P/c1-5-6-7-8-9-10-11-12-13-14-15-16-17-18-19-20-21-22-23-24-25-27(29,33(30,31)32)26-28(2,3)4/h14-15,21-22,29H,5-13,16-20,23-26H2,1-4H3,(H-,30,31,32)/p+1/b15-14-,22-21-. The lowest BCUT2D eigenvalue weighted by Crippen LogP contribution is -2.49. The summed E-state index contributed by atoms with van der Waals surface area (Å²) in [4.78, 5) is 19.2. The minimum absolute atomic E-state index is 0.0363. The van der Waals surface area contributed by atoms with Gasteiger partial charge in [-0.25, -0.2) is 0 Å². The summed E-state index contributed by atoms with van der Waals surface area (Å²) in [5.74, 6) is 0. The van der Waals surface area contributed by atoms with Crippen LogP contribution in [0.2, 0.25) is 0 Å². The minimum Gasteiger partial charge on any atom is -0.373 e. The molecule has 0 spiro atoms. The van der Waals surface area contributed by atoms with Gasteiger partial charge in [0.1, 0.15) is 6.54 Å². The van der Waals surface area contributed by atoms with Crippen molar-refractivity contribution in [2.45, 2.75) is 121 Å². The van der Waals surface area contributed by atoms with Crippen LogP contribution in [0.1, 0.15) is 116 Å². The summed E-state index contributed by atoms with van der Waals surface area (Å²) in [6, 6.07) is 0. The molecule has 6 heteroatoms. The first kappa shape index (κ1) is 32.5. The van der Waals surface area contributed by atoms with Crippen molar-refractivity contribution in [2.24, 2.45) is 0 Å². The van der Waals surface area contributed by atoms with Crippen LogP contribution in [0.3, 0.4) is 0 Å². The molecule has 0 saturated carbocycles. The van der Waals surface area contributed by atoms with Gasteiger partial charge in [0.05, 0.1) is 21.1 Å². The van der Waals surface area contributed by atoms with E-state index in [9.17, 15) is 19.5 Å². The van der Waals surface area contributed by atoms with E-state index in [4.69, 9.17) is 0 Å². The number of quaternary nitrogens is 1. The van der Waals surface area contributed by atoms with E-state index in [1.807, 2.05) is 21.1 Å². The summed E-state index contributed by atoms with van der Waals surface area (Å²) in [5.41, 5.74) is 0. The molecule has 0 heterocycles. The number of unbranched alkanes of at least 4 members (excludes halogenated alkanes) is 13. The molecular formula is C27H55NO4P+. The molecule has 0 bridgehead atoms. The third-order valence-electron chi connectivity index (χ3n) is 6.02. The number of likely N-dealkylation sites (N-methyl/N-ethyl adjacent to an activating group) is 1. The third kappa shape index (κ3) is 19.5. The largest absolute Gasteiger partial charge is 0.373 e. The number of rotatable bonds is 22. The van der Waals surface area contributed by atoms with E-state index >= 15 is 0 Å². The highest BCUT2D eigenvalue weighted by molar-refractivity contribution is 7.53. The van der Waals surface area contributed by atoms with E-state index in [1.54, 1.807) is 0 Å². The maximum Gasteiger partial charge on any atom is 0.362 e. The molecule has 5 nitrogen and oxygen atoms in total. The number of aliphatic hydroxyl groups is 1. The van der Waals surface area contributed by atoms with Gasteiger partial charge >= 0.3 is 7.60 Å². The van der Waals surface area contributed by atoms with Crippen molar-refractivity contribution in [1.29, 1.82) is 0 Å². The molecule has 0 aromatic rings. The number of hydrogen-bond acceptors (Lipinski definition) is 2. The zero-order valence-electron chi connectivity index (χ0n) is 22.2. The van der Waals surface area contributed by atoms with E-state index < -0.39 is 12.9 Å². The van der Waals surface area contributed by atoms with Crippen LogP contribution >= 0.6 is 7.60 Å². The zero-order chi connectivity index (χ0) is 25.1. The van der Waals surface area contributed by atoms with Gasteiger partial charge in [0, 0.05) is 0 Å². The van der Waals surface area contributed by atoms with Crippen molar-refractivity contribution >= 4 is 7.60 Å². The molecule has 0 aliphatic heterocycles. The molecule has 33 heavy (non-hydrogen) atoms. The fraction of sp³-hybridized carbons (Fsp3) is 0.852. The van der Waals surface area contributed by atoms with Crippen LogP contribution in [-0.2, 0) is 4.57 Å². The van der Waals surface area contributed by atoms with E-state index in [0.717, 1.165) is 12.8 Å². The molecule has 0 rings (SSSR count). The second-order valence-corrected chi connectivity index (χ2v) is 12.6. The maximum atomic E-state index is 11.8. The van der Waals surface area contributed by atoms with Crippen LogP contribution in [0, 0.1) is 0 Å². The molecule has 0 aliphatic carbocycles. The average molecular weight is 489 g/mol. The lowest BCUT2D eigenvalue weighted by molar-refractivity contribution is -0.875. The Morgan fingerprint density at radius 1 is 0.667 bits per heavy atom. The quantitative estimate of drug-likeness (QED) is 0.0645. The van der Waals surface area contributed by atoms with Gasteiger partial charge in [-0.3, -0.25) is 4.57 Å². The lowest BCUT2D eigenvalue weighted by Gasteiger charge is -2.35. The molecule has 0 radical (unpaired) electrons. The van der Waals surface area contributed by atoms with Gasteiger partial charge in [-0.05, 0) is 57.8 Å². The molecule has 3 N–H and O–H groups in total. The molecule has 0 aliphatic rings. The molecular weight excluding hydrogens is 433 g/mol. The number of hydrogen-bond donors (Lipinski definition) is 3. The Morgan fingerprint density at radius 2 is 1.03 bits per heavy atom. The van der Waals surface area contributed by atoms with Crippen LogP contribution in [0.25, 0.3) is 0 Å². The number of allylic oxidation sites excluding steroid dienone is 4. The van der Waals surface area contributed by atoms with Gasteiger partial charge in [-0.1, -0.05) is 82.6 Å². The Balaban J connectivity index is 3.68. The fourth-order valence-electron chi connectivity index (χ4n) is 4.15. The highest BCUT2D eigenvalue weighted by Gasteiger charge is 2.48. The lowest BCUT2D eigenvalue weighted by atomic mass is 10.1. The van der Waals surface area contributed by atoms with Crippen molar-refractivity contribution in [1.82, 2.24) is 0 Å². The Morgan fingerprint density at radius 3 is 1.42 bits per heavy atom. The van der Waals surface area contributed by atoms with Gasteiger partial charge in [-0.15, -0.1) is 0 Å². The normalized spacial score (nSPS) is 15.0. The van der Waals surface area contributed by atoms with Crippen molar-refractivity contribution in [3.8, 4) is 0 Å². The van der Waals surface area contributed by atoms with Crippen molar-refractivity contribution in [3.63, 3.8) is 0 Å². The zero-order valence-corrected chi connectivity index (χ0v) is 23.1. The Bertz CT molecular complexity index is 565. The molecule has 0 fully saturated rings. The molecule has 0 amide bonds. The van der Waals surface area contributed by atoms with Gasteiger partial charge in [0.15, 0.2) is 0 Å². The first-order chi connectivity index (χ1) is 15.5. The molecule has 1 unspecified atom stereocenters. The van der Waals surface area contributed by atoms with Gasteiger partial charge < -0.3 is 19.4 Å². The molecule has 0 aromatic carbocycles. The van der Waals surface area contributed by atoms with E-state index in [-0.39, 0.29) is 13.0 Å². The van der Waals surface area contributed by atoms with Gasteiger partial charge in [-0.2, -0.15) is 0 Å². The van der Waals surface area contributed by atoms with E-state index in [1.165, 1.54) is 83.5 Å². The Kier molecular flexibility index (Phi) is 18.6. The minimum atomic E-state index is -4.57. The monoisotopic (exact) mass is 488 g/mol. The summed E-state index contributed by atoms with van der Waals surface area (Å²) in [6.07, 6.45) is 28.5. The molecule has 196 valence electrons. The topological polar surface area (TPSA) is 77.8 Å². The summed E-state index contributed by atoms with van der Waals surface area (Å²) in [5, 5.41) is 8.58. The van der Waals surface area contributed by atoms with Gasteiger partial charge in [0.25, 0.3) is 0 Å². The van der Waals surface area contributed by atoms with Gasteiger partial charge in [0.2, 0.25) is 5.34 Å². The predicted molar refractivity (Wildman–Crippen MR) is 142 cm³/mol. The fourth-order valence-corrected chi connectivity index (χ4v) is 5.21. The molecule has 0 saturated heterocycles. The summed E-state index contributed by atoms with van der Waals surface area (Å²) in [7, 11) is 0.912. The van der Waals surface area contributed by atoms with Crippen molar-refractivity contribution in [3.05, 3.63) is 24.3 Å². The molecule has 0 aromatic heterocycles. The second kappa shape index (κ2) is 18.8. The van der Waals surface area contributed by atoms with Crippen molar-refractivity contribution < 1.29 is 23.9 Å². The van der Waals surface area contributed by atoms with Crippen LogP contribution in [-0.4, -0.2) is 52.4 Å². The van der Waals surface area contributed by atoms with Crippen molar-refractivity contribution in [2.75, 3.05) is 27.7 Å². The second-order valence-electron chi connectivity index (χ2n) is 10.7. The third-order valence-corrected chi connectivity index (χ3v) is 7.47. The Labute approximate surface area is 205 Å². The number of nitrogens with zero attached hydrogens (tertiary/aromatic N) is 1. The molecule has 1 atom stereocenters. The first-order valence-corrected chi connectivity index (χ1v) is 15.0. The SMILES string of the molecule is CCCCCCCCCC/C=C\CCCCC/C=C\CCCC(O)(C[N+](C)(C)C)P(=O)(O)O. The highest BCUT2D eigenvalue weighted by atomic mass is 31.2. The average Bonchev–Trinajstić information content (AvgIpc) is 2.70. The van der Waals surface area contributed by atoms with Crippen LogP contribution in [0.15, 0.2) is 24.3 Å². The predicted octanol–water partition coefficient (Wildman–Crippen LogP) is 7.32. The summed E-state index contributed by atoms with van der Waals surface area (Å²) in [6.45, 7) is 2.30. The van der Waals surface area contributed by atoms with E-state index in [2.05, 4.69) is 31.2 Å². The first-order valence-electron chi connectivity index (χ1n) is 13.4. The highest BCUT2D eigenvalue weighted by Crippen LogP contribution is 2.52. The van der Waals surface area contributed by atoms with Crippen LogP contribution in [0.5, 0.6) is 0 Å².